The fourth-order valence-corrected chi connectivity index (χ4v) is 5.25. The topological polar surface area (TPSA) is 126 Å². The summed E-state index contributed by atoms with van der Waals surface area (Å²) in [5, 5.41) is 8.46. The normalized spacial score (nSPS) is 17.0. The molecule has 0 aliphatic carbocycles. The largest absolute Gasteiger partial charge is 0.445 e. The van der Waals surface area contributed by atoms with Crippen molar-refractivity contribution in [3.8, 4) is 0 Å². The molecule has 47 heavy (non-hydrogen) atoms. The van der Waals surface area contributed by atoms with Crippen molar-refractivity contribution in [2.24, 2.45) is 0 Å². The first kappa shape index (κ1) is 33.1. The van der Waals surface area contributed by atoms with E-state index in [9.17, 15) is 19.2 Å². The first-order valence-electron chi connectivity index (χ1n) is 15.7. The molecular weight excluding hydrogens is 594 g/mol. The SMILES string of the molecule is C[C@]1(C(=O)[C@H](Cc2ccccc2)NC(=O)[C@H](Cc2ccccc2)NC(=O)[C@@H](Cc2ccccc2)NC(=O)OCc2ccccc2)CO1. The molecule has 1 heterocycles. The second-order valence-corrected chi connectivity index (χ2v) is 11.8. The van der Waals surface area contributed by atoms with Crippen molar-refractivity contribution in [1.29, 1.82) is 0 Å². The monoisotopic (exact) mass is 633 g/mol. The third kappa shape index (κ3) is 9.85. The minimum Gasteiger partial charge on any atom is -0.445 e. The third-order valence-electron chi connectivity index (χ3n) is 8.03. The van der Waals surface area contributed by atoms with Crippen molar-refractivity contribution in [2.45, 2.75) is 56.5 Å². The Labute approximate surface area is 274 Å². The molecule has 0 spiro atoms. The molecule has 9 nitrogen and oxygen atoms in total. The molecule has 0 bridgehead atoms. The summed E-state index contributed by atoms with van der Waals surface area (Å²) in [6.07, 6.45) is -0.172. The van der Waals surface area contributed by atoms with Crippen molar-refractivity contribution in [3.05, 3.63) is 144 Å². The highest BCUT2D eigenvalue weighted by atomic mass is 16.6. The van der Waals surface area contributed by atoms with Crippen LogP contribution in [0.2, 0.25) is 0 Å². The average molecular weight is 634 g/mol. The van der Waals surface area contributed by atoms with Crippen LogP contribution in [0.25, 0.3) is 0 Å². The minimum absolute atomic E-state index is 0.0326. The summed E-state index contributed by atoms with van der Waals surface area (Å²) in [5.74, 6) is -1.32. The number of rotatable bonds is 15. The summed E-state index contributed by atoms with van der Waals surface area (Å²) in [7, 11) is 0. The van der Waals surface area contributed by atoms with Gasteiger partial charge in [-0.2, -0.15) is 0 Å². The van der Waals surface area contributed by atoms with E-state index in [1.807, 2.05) is 121 Å². The number of Topliss-reactive ketones (excluding diaryl/α,β-unsaturated/α-hetero) is 1. The number of alkyl carbamates (subject to hydrolysis) is 1. The van der Waals surface area contributed by atoms with Gasteiger partial charge in [-0.1, -0.05) is 121 Å². The molecule has 1 aliphatic heterocycles. The summed E-state index contributed by atoms with van der Waals surface area (Å²) in [5.41, 5.74) is 2.34. The molecular formula is C38H39N3O6. The number of hydrogen-bond donors (Lipinski definition) is 3. The highest BCUT2D eigenvalue weighted by molar-refractivity contribution is 5.98. The third-order valence-corrected chi connectivity index (χ3v) is 8.03. The smallest absolute Gasteiger partial charge is 0.408 e. The molecule has 242 valence electrons. The Kier molecular flexibility index (Phi) is 11.1. The van der Waals surface area contributed by atoms with E-state index < -0.39 is 41.6 Å². The molecule has 1 fully saturated rings. The second-order valence-electron chi connectivity index (χ2n) is 11.8. The molecule has 5 rings (SSSR count). The van der Waals surface area contributed by atoms with Gasteiger partial charge in [-0.15, -0.1) is 0 Å². The standard InChI is InChI=1S/C38H39N3O6/c1-38(26-47-38)34(42)31(22-27-14-6-2-7-15-27)39-35(43)32(23-28-16-8-3-9-17-28)40-36(44)33(24-29-18-10-4-11-19-29)41-37(45)46-25-30-20-12-5-13-21-30/h2-21,31-33H,22-26H2,1H3,(H,39,43)(H,40,44)(H,41,45)/t31-,32-,33+,38+/m0/s1. The lowest BCUT2D eigenvalue weighted by molar-refractivity contribution is -0.133. The van der Waals surface area contributed by atoms with Crippen molar-refractivity contribution in [3.63, 3.8) is 0 Å². The maximum absolute atomic E-state index is 14.0. The molecule has 1 aliphatic rings. The molecule has 4 atom stereocenters. The number of hydrogen-bond acceptors (Lipinski definition) is 6. The van der Waals surface area contributed by atoms with Crippen molar-refractivity contribution >= 4 is 23.7 Å². The van der Waals surface area contributed by atoms with Gasteiger partial charge in [0, 0.05) is 12.8 Å². The predicted molar refractivity (Wildman–Crippen MR) is 177 cm³/mol. The number of epoxide rings is 1. The fourth-order valence-electron chi connectivity index (χ4n) is 5.25. The molecule has 0 radical (unpaired) electrons. The molecule has 4 aromatic rings. The summed E-state index contributed by atoms with van der Waals surface area (Å²) in [6, 6.07) is 34.2. The van der Waals surface area contributed by atoms with Crippen LogP contribution < -0.4 is 16.0 Å². The van der Waals surface area contributed by atoms with E-state index >= 15 is 0 Å². The van der Waals surface area contributed by atoms with Crippen molar-refractivity contribution in [2.75, 3.05) is 6.61 Å². The zero-order chi connectivity index (χ0) is 33.1. The lowest BCUT2D eigenvalue weighted by atomic mass is 9.94. The van der Waals surface area contributed by atoms with E-state index in [4.69, 9.17) is 9.47 Å². The Balaban J connectivity index is 1.34. The quantitative estimate of drug-likeness (QED) is 0.167. The van der Waals surface area contributed by atoms with Crippen LogP contribution in [0.3, 0.4) is 0 Å². The Bertz CT molecular complexity index is 1630. The summed E-state index contributed by atoms with van der Waals surface area (Å²) in [4.78, 5) is 54.2. The minimum atomic E-state index is -1.05. The summed E-state index contributed by atoms with van der Waals surface area (Å²) < 4.78 is 10.8. The number of carbonyl (C=O) groups excluding carboxylic acids is 4. The number of nitrogens with one attached hydrogen (secondary N) is 3. The van der Waals surface area contributed by atoms with Gasteiger partial charge in [0.15, 0.2) is 5.78 Å². The maximum Gasteiger partial charge on any atom is 0.408 e. The van der Waals surface area contributed by atoms with Crippen molar-refractivity contribution < 1.29 is 28.7 Å². The molecule has 3 amide bonds. The van der Waals surface area contributed by atoms with Gasteiger partial charge in [-0.25, -0.2) is 4.79 Å². The van der Waals surface area contributed by atoms with Gasteiger partial charge in [0.2, 0.25) is 11.8 Å². The van der Waals surface area contributed by atoms with E-state index in [1.54, 1.807) is 6.92 Å². The highest BCUT2D eigenvalue weighted by Crippen LogP contribution is 2.29. The average Bonchev–Trinajstić information content (AvgIpc) is 3.86. The highest BCUT2D eigenvalue weighted by Gasteiger charge is 2.50. The maximum atomic E-state index is 14.0. The predicted octanol–water partition coefficient (Wildman–Crippen LogP) is 4.34. The Morgan fingerprint density at radius 3 is 1.38 bits per heavy atom. The van der Waals surface area contributed by atoms with Crippen molar-refractivity contribution in [1.82, 2.24) is 16.0 Å². The van der Waals surface area contributed by atoms with Crippen LogP contribution in [0, 0.1) is 0 Å². The fraction of sp³-hybridized carbons (Fsp3) is 0.263. The van der Waals surface area contributed by atoms with E-state index in [2.05, 4.69) is 16.0 Å². The zero-order valence-electron chi connectivity index (χ0n) is 26.3. The van der Waals surface area contributed by atoms with Gasteiger partial charge < -0.3 is 25.4 Å². The molecule has 4 aromatic carbocycles. The van der Waals surface area contributed by atoms with Crippen LogP contribution in [0.1, 0.15) is 29.2 Å². The zero-order valence-corrected chi connectivity index (χ0v) is 26.3. The molecule has 0 aromatic heterocycles. The number of carbonyl (C=O) groups is 4. The van der Waals surface area contributed by atoms with E-state index in [0.717, 1.165) is 22.3 Å². The summed E-state index contributed by atoms with van der Waals surface area (Å²) >= 11 is 0. The van der Waals surface area contributed by atoms with E-state index in [-0.39, 0.29) is 38.3 Å². The van der Waals surface area contributed by atoms with Crippen LogP contribution in [0.15, 0.2) is 121 Å². The molecule has 9 heteroatoms. The number of ketones is 1. The first-order chi connectivity index (χ1) is 22.8. The Morgan fingerprint density at radius 1 is 0.596 bits per heavy atom. The Morgan fingerprint density at radius 2 is 0.957 bits per heavy atom. The van der Waals surface area contributed by atoms with Crippen LogP contribution in [-0.4, -0.2) is 54.0 Å². The first-order valence-corrected chi connectivity index (χ1v) is 15.7. The molecule has 0 saturated carbocycles. The Hall–Kier alpha value is -5.28. The van der Waals surface area contributed by atoms with Gasteiger partial charge in [0.05, 0.1) is 12.6 Å². The second kappa shape index (κ2) is 15.8. The van der Waals surface area contributed by atoms with Gasteiger partial charge in [-0.05, 0) is 35.6 Å². The molecule has 0 unspecified atom stereocenters. The lowest BCUT2D eigenvalue weighted by Crippen LogP contribution is -2.58. The number of ether oxygens (including phenoxy) is 2. The van der Waals surface area contributed by atoms with Gasteiger partial charge in [0.1, 0.15) is 24.3 Å². The number of amides is 3. The van der Waals surface area contributed by atoms with E-state index in [0.29, 0.717) is 0 Å². The van der Waals surface area contributed by atoms with E-state index in [1.165, 1.54) is 0 Å². The van der Waals surface area contributed by atoms with Crippen LogP contribution in [0.5, 0.6) is 0 Å². The molecule has 3 N–H and O–H groups in total. The van der Waals surface area contributed by atoms with Crippen LogP contribution in [-0.2, 0) is 49.7 Å². The van der Waals surface area contributed by atoms with Gasteiger partial charge in [0.25, 0.3) is 0 Å². The van der Waals surface area contributed by atoms with Crippen LogP contribution >= 0.6 is 0 Å². The van der Waals surface area contributed by atoms with Gasteiger partial charge >= 0.3 is 6.09 Å². The van der Waals surface area contributed by atoms with Crippen LogP contribution in [0.4, 0.5) is 4.79 Å². The number of benzene rings is 4. The van der Waals surface area contributed by atoms with Gasteiger partial charge in [-0.3, -0.25) is 14.4 Å². The molecule has 1 saturated heterocycles. The summed E-state index contributed by atoms with van der Waals surface area (Å²) in [6.45, 7) is 2.02. The lowest BCUT2D eigenvalue weighted by Gasteiger charge is -2.26.